The SMILES string of the molecule is COc1c(C)cc(C(=O)CCS)cc1C. The van der Waals surface area contributed by atoms with Gasteiger partial charge in [0.2, 0.25) is 0 Å². The smallest absolute Gasteiger partial charge is 0.163 e. The van der Waals surface area contributed by atoms with Crippen molar-refractivity contribution in [2.75, 3.05) is 12.9 Å². The van der Waals surface area contributed by atoms with Crippen LogP contribution in [0.15, 0.2) is 12.1 Å². The first kappa shape index (κ1) is 12.1. The van der Waals surface area contributed by atoms with Gasteiger partial charge in [0.15, 0.2) is 5.78 Å². The molecule has 82 valence electrons. The molecule has 0 amide bonds. The fourth-order valence-electron chi connectivity index (χ4n) is 1.68. The van der Waals surface area contributed by atoms with E-state index < -0.39 is 0 Å². The van der Waals surface area contributed by atoms with E-state index in [1.165, 1.54) is 0 Å². The molecule has 0 heterocycles. The lowest BCUT2D eigenvalue weighted by Crippen LogP contribution is -2.02. The molecule has 0 bridgehead atoms. The average molecular weight is 224 g/mol. The summed E-state index contributed by atoms with van der Waals surface area (Å²) in [5.74, 6) is 1.58. The molecule has 0 saturated carbocycles. The third-order valence-electron chi connectivity index (χ3n) is 2.33. The van der Waals surface area contributed by atoms with E-state index in [4.69, 9.17) is 4.74 Å². The molecular weight excluding hydrogens is 208 g/mol. The molecule has 1 aromatic rings. The van der Waals surface area contributed by atoms with Gasteiger partial charge < -0.3 is 4.74 Å². The molecule has 0 aliphatic carbocycles. The maximum Gasteiger partial charge on any atom is 0.163 e. The van der Waals surface area contributed by atoms with Gasteiger partial charge in [-0.15, -0.1) is 0 Å². The highest BCUT2D eigenvalue weighted by Gasteiger charge is 2.10. The van der Waals surface area contributed by atoms with E-state index in [0.717, 1.165) is 22.4 Å². The van der Waals surface area contributed by atoms with Gasteiger partial charge in [-0.1, -0.05) is 0 Å². The van der Waals surface area contributed by atoms with Crippen molar-refractivity contribution in [2.45, 2.75) is 20.3 Å². The largest absolute Gasteiger partial charge is 0.496 e. The molecule has 0 fully saturated rings. The van der Waals surface area contributed by atoms with Crippen LogP contribution in [0.2, 0.25) is 0 Å². The van der Waals surface area contributed by atoms with Crippen LogP contribution in [0.1, 0.15) is 27.9 Å². The predicted molar refractivity (Wildman–Crippen MR) is 65.3 cm³/mol. The van der Waals surface area contributed by atoms with E-state index in [1.807, 2.05) is 26.0 Å². The molecule has 0 aliphatic rings. The van der Waals surface area contributed by atoms with Crippen LogP contribution in [0, 0.1) is 13.8 Å². The van der Waals surface area contributed by atoms with Crippen molar-refractivity contribution in [1.82, 2.24) is 0 Å². The highest BCUT2D eigenvalue weighted by Crippen LogP contribution is 2.24. The zero-order chi connectivity index (χ0) is 11.4. The lowest BCUT2D eigenvalue weighted by molar-refractivity contribution is 0.0989. The Labute approximate surface area is 96.1 Å². The van der Waals surface area contributed by atoms with Gasteiger partial charge in [-0.05, 0) is 42.9 Å². The maximum absolute atomic E-state index is 11.7. The molecule has 1 aromatic carbocycles. The van der Waals surface area contributed by atoms with Gasteiger partial charge in [0, 0.05) is 12.0 Å². The molecule has 2 nitrogen and oxygen atoms in total. The van der Waals surface area contributed by atoms with Crippen LogP contribution in [0.5, 0.6) is 5.75 Å². The minimum atomic E-state index is 0.138. The minimum Gasteiger partial charge on any atom is -0.496 e. The second-order valence-corrected chi connectivity index (χ2v) is 3.99. The van der Waals surface area contributed by atoms with Gasteiger partial charge in [-0.2, -0.15) is 12.6 Å². The Morgan fingerprint density at radius 2 is 1.87 bits per heavy atom. The van der Waals surface area contributed by atoms with E-state index in [-0.39, 0.29) is 5.78 Å². The summed E-state index contributed by atoms with van der Waals surface area (Å²) in [6.45, 7) is 3.90. The lowest BCUT2D eigenvalue weighted by Gasteiger charge is -2.10. The number of aryl methyl sites for hydroxylation is 2. The Kier molecular flexibility index (Phi) is 4.21. The molecule has 0 atom stereocenters. The third kappa shape index (κ3) is 2.75. The van der Waals surface area contributed by atoms with Gasteiger partial charge in [0.25, 0.3) is 0 Å². The number of ether oxygens (including phenoxy) is 1. The molecule has 15 heavy (non-hydrogen) atoms. The molecule has 0 aliphatic heterocycles. The monoisotopic (exact) mass is 224 g/mol. The Morgan fingerprint density at radius 3 is 2.27 bits per heavy atom. The van der Waals surface area contributed by atoms with E-state index in [2.05, 4.69) is 12.6 Å². The Hall–Kier alpha value is -0.960. The zero-order valence-electron chi connectivity index (χ0n) is 9.33. The van der Waals surface area contributed by atoms with Crippen LogP contribution < -0.4 is 4.74 Å². The molecule has 0 spiro atoms. The lowest BCUT2D eigenvalue weighted by atomic mass is 10.0. The quantitative estimate of drug-likeness (QED) is 0.628. The van der Waals surface area contributed by atoms with Gasteiger partial charge >= 0.3 is 0 Å². The van der Waals surface area contributed by atoms with Crippen LogP contribution in [-0.2, 0) is 0 Å². The number of ketones is 1. The predicted octanol–water partition coefficient (Wildman–Crippen LogP) is 2.81. The normalized spacial score (nSPS) is 10.1. The second kappa shape index (κ2) is 5.21. The van der Waals surface area contributed by atoms with Crippen molar-refractivity contribution in [3.63, 3.8) is 0 Å². The summed E-state index contributed by atoms with van der Waals surface area (Å²) >= 11 is 4.06. The van der Waals surface area contributed by atoms with Gasteiger partial charge in [-0.3, -0.25) is 4.79 Å². The van der Waals surface area contributed by atoms with Crippen molar-refractivity contribution in [3.8, 4) is 5.75 Å². The number of methoxy groups -OCH3 is 1. The van der Waals surface area contributed by atoms with E-state index in [0.29, 0.717) is 12.2 Å². The minimum absolute atomic E-state index is 0.138. The van der Waals surface area contributed by atoms with Crippen molar-refractivity contribution in [3.05, 3.63) is 28.8 Å². The molecule has 0 saturated heterocycles. The summed E-state index contributed by atoms with van der Waals surface area (Å²) < 4.78 is 5.24. The van der Waals surface area contributed by atoms with Crippen LogP contribution in [-0.4, -0.2) is 18.6 Å². The van der Waals surface area contributed by atoms with E-state index in [9.17, 15) is 4.79 Å². The molecule has 3 heteroatoms. The van der Waals surface area contributed by atoms with E-state index in [1.54, 1.807) is 7.11 Å². The number of carbonyl (C=O) groups excluding carboxylic acids is 1. The number of thiol groups is 1. The Bertz CT molecular complexity index is 349. The number of carbonyl (C=O) groups is 1. The summed E-state index contributed by atoms with van der Waals surface area (Å²) in [7, 11) is 1.64. The molecule has 0 radical (unpaired) electrons. The van der Waals surface area contributed by atoms with Crippen LogP contribution in [0.3, 0.4) is 0 Å². The molecular formula is C12H16O2S. The number of benzene rings is 1. The molecule has 1 rings (SSSR count). The van der Waals surface area contributed by atoms with E-state index >= 15 is 0 Å². The molecule has 0 unspecified atom stereocenters. The first-order valence-electron chi connectivity index (χ1n) is 4.89. The van der Waals surface area contributed by atoms with Gasteiger partial charge in [0.1, 0.15) is 5.75 Å². The number of Topliss-reactive ketones (excluding diaryl/α,β-unsaturated/α-hetero) is 1. The number of rotatable bonds is 4. The van der Waals surface area contributed by atoms with Crippen LogP contribution in [0.4, 0.5) is 0 Å². The molecule has 0 aromatic heterocycles. The van der Waals surface area contributed by atoms with Crippen LogP contribution >= 0.6 is 12.6 Å². The third-order valence-corrected chi connectivity index (χ3v) is 2.55. The fourth-order valence-corrected chi connectivity index (χ4v) is 1.88. The van der Waals surface area contributed by atoms with Crippen molar-refractivity contribution in [1.29, 1.82) is 0 Å². The summed E-state index contributed by atoms with van der Waals surface area (Å²) in [6.07, 6.45) is 0.480. The second-order valence-electron chi connectivity index (χ2n) is 3.54. The first-order chi connectivity index (χ1) is 7.10. The van der Waals surface area contributed by atoms with Crippen molar-refractivity contribution < 1.29 is 9.53 Å². The van der Waals surface area contributed by atoms with Crippen molar-refractivity contribution >= 4 is 18.4 Å². The average Bonchev–Trinajstić information content (AvgIpc) is 2.17. The summed E-state index contributed by atoms with van der Waals surface area (Å²) in [4.78, 5) is 11.7. The summed E-state index contributed by atoms with van der Waals surface area (Å²) in [5, 5.41) is 0. The first-order valence-corrected chi connectivity index (χ1v) is 5.52. The number of hydrogen-bond donors (Lipinski definition) is 1. The van der Waals surface area contributed by atoms with Crippen LogP contribution in [0.25, 0.3) is 0 Å². The maximum atomic E-state index is 11.7. The standard InChI is InChI=1S/C12H16O2S/c1-8-6-10(11(13)4-5-15)7-9(2)12(8)14-3/h6-7,15H,4-5H2,1-3H3. The molecule has 0 N–H and O–H groups in total. The summed E-state index contributed by atoms with van der Waals surface area (Å²) in [6, 6.07) is 3.75. The van der Waals surface area contributed by atoms with Gasteiger partial charge in [0.05, 0.1) is 7.11 Å². The van der Waals surface area contributed by atoms with Gasteiger partial charge in [-0.25, -0.2) is 0 Å². The Balaban J connectivity index is 3.08. The summed E-state index contributed by atoms with van der Waals surface area (Å²) in [5.41, 5.74) is 2.75. The van der Waals surface area contributed by atoms with Crippen molar-refractivity contribution in [2.24, 2.45) is 0 Å². The number of hydrogen-bond acceptors (Lipinski definition) is 3. The highest BCUT2D eigenvalue weighted by molar-refractivity contribution is 7.80. The Morgan fingerprint density at radius 1 is 1.33 bits per heavy atom. The topological polar surface area (TPSA) is 26.3 Å². The fraction of sp³-hybridized carbons (Fsp3) is 0.417. The zero-order valence-corrected chi connectivity index (χ0v) is 10.2. The highest BCUT2D eigenvalue weighted by atomic mass is 32.1.